The SMILES string of the molecule is CC1=Nn2c(CCCc3ccc(NC(=O)C(C)Oc4ccc(S(=O)(=O)c5ccc(O)cc5)cc4)cc3)nnc2C1=Nc1ccc(N(C)C)cc1. The fraction of sp³-hybridized carbons (Fsp3) is 0.216. The molecule has 1 aromatic heterocycles. The Balaban J connectivity index is 0.989. The normalized spacial score (nSPS) is 13.8. The number of amides is 1. The van der Waals surface area contributed by atoms with Crippen LogP contribution in [0.3, 0.4) is 0 Å². The van der Waals surface area contributed by atoms with Gasteiger partial charge in [0.2, 0.25) is 15.7 Å². The van der Waals surface area contributed by atoms with Gasteiger partial charge in [0, 0.05) is 31.9 Å². The summed E-state index contributed by atoms with van der Waals surface area (Å²) in [5, 5.41) is 25.7. The number of hydrogen-bond donors (Lipinski definition) is 2. The Labute approximate surface area is 290 Å². The van der Waals surface area contributed by atoms with Gasteiger partial charge in [-0.15, -0.1) is 10.2 Å². The Hall–Kier alpha value is -5.82. The first kappa shape index (κ1) is 34.1. The molecular weight excluding hydrogens is 655 g/mol. The van der Waals surface area contributed by atoms with E-state index in [2.05, 4.69) is 20.6 Å². The van der Waals surface area contributed by atoms with Gasteiger partial charge in [-0.1, -0.05) is 12.1 Å². The van der Waals surface area contributed by atoms with Crippen LogP contribution in [0.5, 0.6) is 11.5 Å². The van der Waals surface area contributed by atoms with Gasteiger partial charge in [-0.2, -0.15) is 9.78 Å². The Morgan fingerprint density at radius 3 is 2.18 bits per heavy atom. The first-order valence-corrected chi connectivity index (χ1v) is 17.5. The maximum Gasteiger partial charge on any atom is 0.265 e. The highest BCUT2D eigenvalue weighted by Gasteiger charge is 2.25. The number of nitrogens with one attached hydrogen (secondary N) is 1. The highest BCUT2D eigenvalue weighted by Crippen LogP contribution is 2.26. The average molecular weight is 692 g/mol. The predicted molar refractivity (Wildman–Crippen MR) is 193 cm³/mol. The van der Waals surface area contributed by atoms with E-state index in [9.17, 15) is 18.3 Å². The summed E-state index contributed by atoms with van der Waals surface area (Å²) in [5.41, 5.74) is 5.18. The Bertz CT molecular complexity index is 2160. The molecule has 2 N–H and O–H groups in total. The van der Waals surface area contributed by atoms with E-state index in [0.717, 1.165) is 41.3 Å². The molecule has 5 aromatic rings. The number of aliphatic imine (C=N–C) groups is 1. The Morgan fingerprint density at radius 2 is 1.54 bits per heavy atom. The number of phenols is 1. The number of benzene rings is 4. The maximum atomic E-state index is 12.9. The topological polar surface area (TPSA) is 151 Å². The second kappa shape index (κ2) is 14.3. The molecule has 256 valence electrons. The summed E-state index contributed by atoms with van der Waals surface area (Å²) >= 11 is 0. The summed E-state index contributed by atoms with van der Waals surface area (Å²) < 4.78 is 33.3. The minimum atomic E-state index is -3.76. The summed E-state index contributed by atoms with van der Waals surface area (Å²) in [5.74, 6) is 1.41. The van der Waals surface area contributed by atoms with Crippen molar-refractivity contribution in [3.63, 3.8) is 0 Å². The van der Waals surface area contributed by atoms with Gasteiger partial charge in [0.1, 0.15) is 17.2 Å². The molecule has 1 aliphatic heterocycles. The fourth-order valence-electron chi connectivity index (χ4n) is 5.33. The molecule has 0 saturated carbocycles. The van der Waals surface area contributed by atoms with Gasteiger partial charge in [-0.3, -0.25) is 4.79 Å². The van der Waals surface area contributed by atoms with Crippen molar-refractivity contribution < 1.29 is 23.1 Å². The molecule has 1 aliphatic rings. The first-order valence-electron chi connectivity index (χ1n) is 16.1. The molecule has 12 nitrogen and oxygen atoms in total. The smallest absolute Gasteiger partial charge is 0.265 e. The van der Waals surface area contributed by atoms with Crippen LogP contribution in [0.15, 0.2) is 117 Å². The van der Waals surface area contributed by atoms with E-state index in [4.69, 9.17) is 9.73 Å². The third kappa shape index (κ3) is 7.57. The number of ether oxygens (including phenoxy) is 1. The zero-order valence-electron chi connectivity index (χ0n) is 28.1. The number of carbonyl (C=O) groups is 1. The number of fused-ring (bicyclic) bond motifs is 1. The van der Waals surface area contributed by atoms with E-state index in [1.54, 1.807) is 11.6 Å². The first-order chi connectivity index (χ1) is 24.0. The number of aromatic hydroxyl groups is 1. The minimum Gasteiger partial charge on any atom is -0.508 e. The molecule has 50 heavy (non-hydrogen) atoms. The molecule has 13 heteroatoms. The lowest BCUT2D eigenvalue weighted by atomic mass is 10.1. The number of aryl methyl sites for hydroxylation is 2. The molecule has 0 bridgehead atoms. The molecule has 0 aliphatic carbocycles. The number of nitrogens with zero attached hydrogens (tertiary/aromatic N) is 6. The summed E-state index contributed by atoms with van der Waals surface area (Å²) in [6.07, 6.45) is 1.48. The average Bonchev–Trinajstić information content (AvgIpc) is 3.64. The van der Waals surface area contributed by atoms with Crippen LogP contribution in [0, 0.1) is 0 Å². The zero-order chi connectivity index (χ0) is 35.4. The second-order valence-corrected chi connectivity index (χ2v) is 14.0. The van der Waals surface area contributed by atoms with Crippen LogP contribution in [-0.4, -0.2) is 65.9 Å². The molecule has 4 aromatic carbocycles. The van der Waals surface area contributed by atoms with Crippen molar-refractivity contribution in [1.82, 2.24) is 14.9 Å². The molecule has 1 atom stereocenters. The van der Waals surface area contributed by atoms with Gasteiger partial charge >= 0.3 is 0 Å². The quantitative estimate of drug-likeness (QED) is 0.166. The molecule has 0 fully saturated rings. The van der Waals surface area contributed by atoms with Crippen molar-refractivity contribution in [3.8, 4) is 11.5 Å². The van der Waals surface area contributed by atoms with Crippen LogP contribution < -0.4 is 15.0 Å². The lowest BCUT2D eigenvalue weighted by Crippen LogP contribution is -2.30. The van der Waals surface area contributed by atoms with Crippen LogP contribution in [0.25, 0.3) is 0 Å². The third-order valence-electron chi connectivity index (χ3n) is 8.17. The van der Waals surface area contributed by atoms with Crippen LogP contribution in [0.4, 0.5) is 17.1 Å². The molecule has 0 spiro atoms. The van der Waals surface area contributed by atoms with Crippen molar-refractivity contribution in [3.05, 3.63) is 114 Å². The maximum absolute atomic E-state index is 12.9. The molecule has 0 radical (unpaired) electrons. The number of anilines is 2. The number of rotatable bonds is 12. The van der Waals surface area contributed by atoms with E-state index >= 15 is 0 Å². The van der Waals surface area contributed by atoms with E-state index in [1.165, 1.54) is 48.5 Å². The van der Waals surface area contributed by atoms with E-state index in [0.29, 0.717) is 29.4 Å². The second-order valence-electron chi connectivity index (χ2n) is 12.1. The molecule has 6 rings (SSSR count). The fourth-order valence-corrected chi connectivity index (χ4v) is 6.59. The van der Waals surface area contributed by atoms with Gasteiger partial charge in [-0.05, 0) is 117 Å². The third-order valence-corrected chi connectivity index (χ3v) is 9.95. The van der Waals surface area contributed by atoms with Gasteiger partial charge in [-0.25, -0.2) is 13.4 Å². The predicted octanol–water partition coefficient (Wildman–Crippen LogP) is 5.82. The minimum absolute atomic E-state index is 0.0203. The van der Waals surface area contributed by atoms with Crippen molar-refractivity contribution in [1.29, 1.82) is 0 Å². The van der Waals surface area contributed by atoms with Crippen molar-refractivity contribution in [2.24, 2.45) is 10.1 Å². The van der Waals surface area contributed by atoms with Crippen molar-refractivity contribution in [2.75, 3.05) is 24.3 Å². The van der Waals surface area contributed by atoms with Gasteiger partial charge < -0.3 is 20.1 Å². The lowest BCUT2D eigenvalue weighted by Gasteiger charge is -2.15. The molecular formula is C37H37N7O5S. The van der Waals surface area contributed by atoms with Crippen LogP contribution in [0.2, 0.25) is 0 Å². The highest BCUT2D eigenvalue weighted by atomic mass is 32.2. The Kier molecular flexibility index (Phi) is 9.77. The number of carbonyl (C=O) groups excluding carboxylic acids is 1. The van der Waals surface area contributed by atoms with Crippen LogP contribution in [-0.2, 0) is 27.5 Å². The summed E-state index contributed by atoms with van der Waals surface area (Å²) in [6.45, 7) is 3.54. The number of sulfone groups is 1. The number of hydrogen-bond acceptors (Lipinski definition) is 10. The molecule has 1 amide bonds. The molecule has 2 heterocycles. The number of phenolic OH excluding ortho intramolecular Hbond substituents is 1. The zero-order valence-corrected chi connectivity index (χ0v) is 28.9. The standard InChI is InChI=1S/C37H37N7O5S/c1-24-35(38-27-12-14-29(15-13-27)43(3)4)36-41-40-34(44(36)42-24)7-5-6-26-8-10-28(11-9-26)39-37(46)25(2)49-31-18-22-33(23-19-31)50(47,48)32-20-16-30(45)17-21-32/h8-23,25,45H,5-7H2,1-4H3,(H,39,46). The molecule has 0 saturated heterocycles. The highest BCUT2D eigenvalue weighted by molar-refractivity contribution is 7.91. The molecule has 1 unspecified atom stereocenters. The van der Waals surface area contributed by atoms with Crippen LogP contribution >= 0.6 is 0 Å². The van der Waals surface area contributed by atoms with Gasteiger partial charge in [0.05, 0.1) is 21.2 Å². The van der Waals surface area contributed by atoms with E-state index in [-0.39, 0.29) is 21.4 Å². The monoisotopic (exact) mass is 691 g/mol. The van der Waals surface area contributed by atoms with E-state index < -0.39 is 15.9 Å². The van der Waals surface area contributed by atoms with Gasteiger partial charge in [0.25, 0.3) is 5.91 Å². The van der Waals surface area contributed by atoms with Gasteiger partial charge in [0.15, 0.2) is 11.9 Å². The van der Waals surface area contributed by atoms with E-state index in [1.807, 2.05) is 74.4 Å². The Morgan fingerprint density at radius 1 is 0.900 bits per heavy atom. The van der Waals surface area contributed by atoms with Crippen molar-refractivity contribution in [2.45, 2.75) is 49.0 Å². The summed E-state index contributed by atoms with van der Waals surface area (Å²) in [6, 6.07) is 26.8. The van der Waals surface area contributed by atoms with Crippen molar-refractivity contribution >= 4 is 44.2 Å². The summed E-state index contributed by atoms with van der Waals surface area (Å²) in [7, 11) is 0.235. The summed E-state index contributed by atoms with van der Waals surface area (Å²) in [4.78, 5) is 19.8. The lowest BCUT2D eigenvalue weighted by molar-refractivity contribution is -0.122. The number of aromatic nitrogens is 3. The largest absolute Gasteiger partial charge is 0.508 e. The van der Waals surface area contributed by atoms with Crippen LogP contribution in [0.1, 0.15) is 37.5 Å².